The predicted octanol–water partition coefficient (Wildman–Crippen LogP) is 3.18. The molecule has 7 nitrogen and oxygen atoms in total. The van der Waals surface area contributed by atoms with Crippen LogP contribution >= 0.6 is 0 Å². The number of hydrogen-bond donors (Lipinski definition) is 2. The van der Waals surface area contributed by atoms with E-state index < -0.39 is 0 Å². The molecule has 1 aliphatic carbocycles. The number of nitrogens with one attached hydrogen (secondary N) is 2. The van der Waals surface area contributed by atoms with E-state index in [0.29, 0.717) is 11.6 Å². The van der Waals surface area contributed by atoms with Gasteiger partial charge in [0.05, 0.1) is 0 Å². The third-order valence-electron chi connectivity index (χ3n) is 4.10. The summed E-state index contributed by atoms with van der Waals surface area (Å²) in [5.74, 6) is 0.678. The zero-order valence-corrected chi connectivity index (χ0v) is 14.4. The first kappa shape index (κ1) is 17.0. The highest BCUT2D eigenvalue weighted by atomic mass is 16.5. The van der Waals surface area contributed by atoms with Crippen molar-refractivity contribution in [2.75, 3.05) is 17.2 Å². The number of amides is 3. The monoisotopic (exact) mass is 342 g/mol. The largest absolute Gasteiger partial charge is 0.360 e. The highest BCUT2D eigenvalue weighted by Crippen LogP contribution is 2.28. The number of hydrogen-bond acceptors (Lipinski definition) is 4. The Hall–Kier alpha value is -2.83. The molecule has 2 N–H and O–H groups in total. The van der Waals surface area contributed by atoms with Gasteiger partial charge in [0, 0.05) is 17.8 Å². The molecule has 0 spiro atoms. The highest BCUT2D eigenvalue weighted by Gasteiger charge is 2.34. The molecule has 3 rings (SSSR count). The lowest BCUT2D eigenvalue weighted by Crippen LogP contribution is -2.42. The number of anilines is 2. The predicted molar refractivity (Wildman–Crippen MR) is 94.4 cm³/mol. The first-order valence-corrected chi connectivity index (χ1v) is 8.45. The Morgan fingerprint density at radius 1 is 1.28 bits per heavy atom. The van der Waals surface area contributed by atoms with E-state index in [1.807, 2.05) is 31.2 Å². The Morgan fingerprint density at radius 3 is 2.68 bits per heavy atom. The molecule has 0 aliphatic heterocycles. The maximum atomic E-state index is 12.7. The Kier molecular flexibility index (Phi) is 5.02. The lowest BCUT2D eigenvalue weighted by atomic mass is 10.1. The fourth-order valence-corrected chi connectivity index (χ4v) is 2.65. The molecule has 1 aromatic carbocycles. The molecule has 25 heavy (non-hydrogen) atoms. The number of carbonyl (C=O) groups is 2. The van der Waals surface area contributed by atoms with Gasteiger partial charge in [0.25, 0.3) is 0 Å². The van der Waals surface area contributed by atoms with E-state index >= 15 is 0 Å². The number of benzene rings is 1. The zero-order valence-electron chi connectivity index (χ0n) is 14.4. The van der Waals surface area contributed by atoms with Gasteiger partial charge in [-0.25, -0.2) is 4.79 Å². The van der Waals surface area contributed by atoms with Gasteiger partial charge in [-0.05, 0) is 37.8 Å². The second-order valence-electron chi connectivity index (χ2n) is 6.17. The summed E-state index contributed by atoms with van der Waals surface area (Å²) in [6.45, 7) is 3.77. The maximum absolute atomic E-state index is 12.7. The van der Waals surface area contributed by atoms with Crippen molar-refractivity contribution in [2.45, 2.75) is 39.2 Å². The Balaban J connectivity index is 1.64. The van der Waals surface area contributed by atoms with E-state index in [4.69, 9.17) is 4.52 Å². The van der Waals surface area contributed by atoms with Crippen LogP contribution in [0.3, 0.4) is 0 Å². The van der Waals surface area contributed by atoms with Crippen molar-refractivity contribution in [1.82, 2.24) is 10.1 Å². The van der Waals surface area contributed by atoms with E-state index in [1.54, 1.807) is 17.9 Å². The molecule has 1 saturated carbocycles. The second-order valence-corrected chi connectivity index (χ2v) is 6.17. The van der Waals surface area contributed by atoms with Crippen LogP contribution in [0.5, 0.6) is 0 Å². The van der Waals surface area contributed by atoms with E-state index in [0.717, 1.165) is 30.5 Å². The van der Waals surface area contributed by atoms with Crippen LogP contribution in [0.4, 0.5) is 16.3 Å². The van der Waals surface area contributed by atoms with Crippen LogP contribution in [-0.4, -0.2) is 34.6 Å². The SMILES string of the molecule is CCc1ccccc1NC(=O)N(CC(=O)Nc1cc(C)on1)C1CC1. The first-order valence-electron chi connectivity index (χ1n) is 8.45. The summed E-state index contributed by atoms with van der Waals surface area (Å²) in [6, 6.07) is 9.18. The Bertz CT molecular complexity index is 767. The third-order valence-corrected chi connectivity index (χ3v) is 4.10. The summed E-state index contributed by atoms with van der Waals surface area (Å²) in [4.78, 5) is 26.5. The van der Waals surface area contributed by atoms with Gasteiger partial charge in [-0.3, -0.25) is 4.79 Å². The van der Waals surface area contributed by atoms with Crippen molar-refractivity contribution in [1.29, 1.82) is 0 Å². The molecule has 0 atom stereocenters. The number of rotatable bonds is 6. The zero-order chi connectivity index (χ0) is 17.8. The molecule has 0 radical (unpaired) electrons. The van der Waals surface area contributed by atoms with Crippen molar-refractivity contribution in [2.24, 2.45) is 0 Å². The van der Waals surface area contributed by atoms with Crippen LogP contribution in [0.2, 0.25) is 0 Å². The molecule has 7 heteroatoms. The van der Waals surface area contributed by atoms with E-state index in [9.17, 15) is 9.59 Å². The minimum Gasteiger partial charge on any atom is -0.360 e. The van der Waals surface area contributed by atoms with Gasteiger partial charge in [0.1, 0.15) is 12.3 Å². The number of aryl methyl sites for hydroxylation is 2. The van der Waals surface area contributed by atoms with Crippen LogP contribution in [-0.2, 0) is 11.2 Å². The van der Waals surface area contributed by atoms with Crippen molar-refractivity contribution in [3.05, 3.63) is 41.7 Å². The minimum absolute atomic E-state index is 0.0172. The number of nitrogens with zero attached hydrogens (tertiary/aromatic N) is 2. The Labute approximate surface area is 146 Å². The van der Waals surface area contributed by atoms with Crippen molar-refractivity contribution < 1.29 is 14.1 Å². The molecule has 2 aromatic rings. The normalized spacial score (nSPS) is 13.4. The molecule has 132 valence electrons. The smallest absolute Gasteiger partial charge is 0.322 e. The van der Waals surface area contributed by atoms with Gasteiger partial charge in [0.2, 0.25) is 5.91 Å². The molecule has 0 saturated heterocycles. The molecule has 1 aliphatic rings. The van der Waals surface area contributed by atoms with Gasteiger partial charge in [-0.15, -0.1) is 0 Å². The quantitative estimate of drug-likeness (QED) is 0.844. The van der Waals surface area contributed by atoms with Gasteiger partial charge < -0.3 is 20.1 Å². The van der Waals surface area contributed by atoms with Gasteiger partial charge >= 0.3 is 6.03 Å². The van der Waals surface area contributed by atoms with Crippen LogP contribution in [0.1, 0.15) is 31.1 Å². The minimum atomic E-state index is -0.292. The Morgan fingerprint density at radius 2 is 2.04 bits per heavy atom. The van der Waals surface area contributed by atoms with Crippen LogP contribution < -0.4 is 10.6 Å². The standard InChI is InChI=1S/C18H22N4O3/c1-3-13-6-4-5-7-15(13)19-18(24)22(14-8-9-14)11-17(23)20-16-10-12(2)25-21-16/h4-7,10,14H,3,8-9,11H2,1-2H3,(H,19,24)(H,20,21,23). The number of urea groups is 1. The first-order chi connectivity index (χ1) is 12.1. The second kappa shape index (κ2) is 7.38. The molecule has 1 fully saturated rings. The van der Waals surface area contributed by atoms with E-state index in [1.165, 1.54) is 0 Å². The summed E-state index contributed by atoms with van der Waals surface area (Å²) in [7, 11) is 0. The topological polar surface area (TPSA) is 87.5 Å². The summed E-state index contributed by atoms with van der Waals surface area (Å²) < 4.78 is 4.92. The van der Waals surface area contributed by atoms with Crippen molar-refractivity contribution >= 4 is 23.4 Å². The molecule has 3 amide bonds. The fraction of sp³-hybridized carbons (Fsp3) is 0.389. The fourth-order valence-electron chi connectivity index (χ4n) is 2.65. The third kappa shape index (κ3) is 4.37. The average molecular weight is 342 g/mol. The lowest BCUT2D eigenvalue weighted by molar-refractivity contribution is -0.116. The van der Waals surface area contributed by atoms with Crippen molar-refractivity contribution in [3.63, 3.8) is 0 Å². The molecular weight excluding hydrogens is 320 g/mol. The molecule has 1 heterocycles. The van der Waals surface area contributed by atoms with Crippen LogP contribution in [0, 0.1) is 6.92 Å². The summed E-state index contributed by atoms with van der Waals surface area (Å²) in [5.41, 5.74) is 1.85. The average Bonchev–Trinajstić information content (AvgIpc) is 3.35. The van der Waals surface area contributed by atoms with Gasteiger partial charge in [-0.1, -0.05) is 30.3 Å². The maximum Gasteiger partial charge on any atom is 0.322 e. The van der Waals surface area contributed by atoms with Crippen LogP contribution in [0.15, 0.2) is 34.9 Å². The van der Waals surface area contributed by atoms with Crippen molar-refractivity contribution in [3.8, 4) is 0 Å². The lowest BCUT2D eigenvalue weighted by Gasteiger charge is -2.22. The van der Waals surface area contributed by atoms with E-state index in [-0.39, 0.29) is 24.5 Å². The summed E-state index contributed by atoms with van der Waals surface area (Å²) in [5, 5.41) is 9.31. The van der Waals surface area contributed by atoms with Gasteiger partial charge in [0.15, 0.2) is 5.82 Å². The highest BCUT2D eigenvalue weighted by molar-refractivity contribution is 5.97. The molecular formula is C18H22N4O3. The molecule has 0 bridgehead atoms. The molecule has 1 aromatic heterocycles. The summed E-state index contributed by atoms with van der Waals surface area (Å²) >= 11 is 0. The number of carbonyl (C=O) groups excluding carboxylic acids is 2. The van der Waals surface area contributed by atoms with Crippen LogP contribution in [0.25, 0.3) is 0 Å². The number of aromatic nitrogens is 1. The number of para-hydroxylation sites is 1. The summed E-state index contributed by atoms with van der Waals surface area (Å²) in [6.07, 6.45) is 2.66. The van der Waals surface area contributed by atoms with Gasteiger partial charge in [-0.2, -0.15) is 0 Å². The van der Waals surface area contributed by atoms with E-state index in [2.05, 4.69) is 15.8 Å². The molecule has 0 unspecified atom stereocenters.